The van der Waals surface area contributed by atoms with Crippen molar-refractivity contribution in [3.63, 3.8) is 0 Å². The zero-order valence-corrected chi connectivity index (χ0v) is 12.2. The molecule has 1 atom stereocenters. The number of esters is 1. The monoisotopic (exact) mass is 293 g/mol. The molecule has 1 aliphatic carbocycles. The molecule has 0 saturated carbocycles. The number of rotatable bonds is 2. The molecule has 7 heteroatoms. The highest BCUT2D eigenvalue weighted by molar-refractivity contribution is 7.18. The molecule has 0 spiro atoms. The minimum Gasteiger partial charge on any atom is -0.468 e. The smallest absolute Gasteiger partial charge is 0.327 e. The maximum Gasteiger partial charge on any atom is 0.327 e. The lowest BCUT2D eigenvalue weighted by Gasteiger charge is -2.17. The molecule has 0 fully saturated rings. The van der Waals surface area contributed by atoms with Crippen LogP contribution in [0.25, 0.3) is 10.2 Å². The molecule has 2 heterocycles. The van der Waals surface area contributed by atoms with Crippen molar-refractivity contribution < 1.29 is 9.53 Å². The zero-order valence-electron chi connectivity index (χ0n) is 11.4. The number of thiophene rings is 1. The van der Waals surface area contributed by atoms with E-state index in [0.29, 0.717) is 16.1 Å². The van der Waals surface area contributed by atoms with Crippen LogP contribution in [0.4, 0.5) is 0 Å². The van der Waals surface area contributed by atoms with E-state index in [9.17, 15) is 9.59 Å². The van der Waals surface area contributed by atoms with Crippen LogP contribution in [0.15, 0.2) is 4.79 Å². The van der Waals surface area contributed by atoms with Crippen molar-refractivity contribution in [1.82, 2.24) is 15.0 Å². The highest BCUT2D eigenvalue weighted by Gasteiger charge is 2.24. The van der Waals surface area contributed by atoms with Gasteiger partial charge in [0.25, 0.3) is 5.56 Å². The molecule has 0 aromatic carbocycles. The molecule has 0 bridgehead atoms. The second-order valence-electron chi connectivity index (χ2n) is 5.16. The highest BCUT2D eigenvalue weighted by atomic mass is 32.1. The third-order valence-electron chi connectivity index (χ3n) is 3.69. The molecule has 6 nitrogen and oxygen atoms in total. The molecule has 2 aromatic heterocycles. The number of carbonyl (C=O) groups excluding carboxylic acids is 1. The van der Waals surface area contributed by atoms with Gasteiger partial charge in [0, 0.05) is 4.88 Å². The number of carbonyl (C=O) groups is 1. The fourth-order valence-electron chi connectivity index (χ4n) is 2.58. The Hall–Kier alpha value is -1.76. The van der Waals surface area contributed by atoms with Crippen LogP contribution in [-0.2, 0) is 28.9 Å². The van der Waals surface area contributed by atoms with E-state index in [-0.39, 0.29) is 12.1 Å². The molecule has 1 aliphatic rings. The lowest BCUT2D eigenvalue weighted by molar-refractivity contribution is -0.141. The summed E-state index contributed by atoms with van der Waals surface area (Å²) in [6.07, 6.45) is 2.97. The van der Waals surface area contributed by atoms with Crippen molar-refractivity contribution in [2.45, 2.75) is 32.7 Å². The lowest BCUT2D eigenvalue weighted by atomic mass is 9.89. The zero-order chi connectivity index (χ0) is 14.3. The van der Waals surface area contributed by atoms with Gasteiger partial charge in [-0.2, -0.15) is 4.68 Å². The Morgan fingerprint density at radius 2 is 2.35 bits per heavy atom. The van der Waals surface area contributed by atoms with Crippen molar-refractivity contribution in [1.29, 1.82) is 0 Å². The Kier molecular flexibility index (Phi) is 3.29. The van der Waals surface area contributed by atoms with Crippen LogP contribution < -0.4 is 5.56 Å². The SMILES string of the molecule is COC(=O)Cn1nnc2sc3c(c2c1=O)CCC(C)C3. The Morgan fingerprint density at radius 1 is 1.55 bits per heavy atom. The summed E-state index contributed by atoms with van der Waals surface area (Å²) in [6, 6.07) is 0. The van der Waals surface area contributed by atoms with Gasteiger partial charge in [-0.1, -0.05) is 12.1 Å². The maximum absolute atomic E-state index is 12.5. The van der Waals surface area contributed by atoms with E-state index in [1.54, 1.807) is 11.3 Å². The van der Waals surface area contributed by atoms with Crippen molar-refractivity contribution in [3.8, 4) is 0 Å². The third-order valence-corrected chi connectivity index (χ3v) is 4.83. The summed E-state index contributed by atoms with van der Waals surface area (Å²) in [5, 5.41) is 8.54. The number of aromatic nitrogens is 3. The van der Waals surface area contributed by atoms with Gasteiger partial charge in [-0.25, -0.2) is 0 Å². The first-order valence-electron chi connectivity index (χ1n) is 6.55. The van der Waals surface area contributed by atoms with Crippen LogP contribution >= 0.6 is 11.3 Å². The number of hydrogen-bond acceptors (Lipinski definition) is 6. The predicted molar refractivity (Wildman–Crippen MR) is 74.9 cm³/mol. The minimum absolute atomic E-state index is 0.195. The van der Waals surface area contributed by atoms with Gasteiger partial charge in [0.1, 0.15) is 6.54 Å². The highest BCUT2D eigenvalue weighted by Crippen LogP contribution is 2.35. The van der Waals surface area contributed by atoms with Crippen molar-refractivity contribution in [2.75, 3.05) is 7.11 Å². The van der Waals surface area contributed by atoms with Crippen LogP contribution in [0.1, 0.15) is 23.8 Å². The Bertz CT molecular complexity index is 734. The molecule has 0 radical (unpaired) electrons. The Morgan fingerprint density at radius 3 is 3.10 bits per heavy atom. The topological polar surface area (TPSA) is 74.1 Å². The maximum atomic E-state index is 12.5. The van der Waals surface area contributed by atoms with E-state index in [0.717, 1.165) is 29.5 Å². The summed E-state index contributed by atoms with van der Waals surface area (Å²) in [5.41, 5.74) is 0.856. The standard InChI is InChI=1S/C13H15N3O3S/c1-7-3-4-8-9(5-7)20-12-11(8)13(18)16(15-14-12)6-10(17)19-2/h7H,3-6H2,1-2H3. The van der Waals surface area contributed by atoms with E-state index in [4.69, 9.17) is 0 Å². The quantitative estimate of drug-likeness (QED) is 0.777. The average Bonchev–Trinajstić information content (AvgIpc) is 2.79. The first kappa shape index (κ1) is 13.2. The molecule has 0 saturated heterocycles. The number of hydrogen-bond donors (Lipinski definition) is 0. The molecule has 106 valence electrons. The van der Waals surface area contributed by atoms with Crippen molar-refractivity contribution in [3.05, 3.63) is 20.8 Å². The fourth-order valence-corrected chi connectivity index (χ4v) is 3.90. The van der Waals surface area contributed by atoms with E-state index in [2.05, 4.69) is 22.0 Å². The van der Waals surface area contributed by atoms with Crippen LogP contribution in [0, 0.1) is 5.92 Å². The van der Waals surface area contributed by atoms with Crippen LogP contribution in [0.3, 0.4) is 0 Å². The molecular formula is C13H15N3O3S. The van der Waals surface area contributed by atoms with Crippen molar-refractivity contribution in [2.24, 2.45) is 5.92 Å². The van der Waals surface area contributed by atoms with Gasteiger partial charge in [-0.15, -0.1) is 16.4 Å². The normalized spacial score (nSPS) is 18.0. The number of aryl methyl sites for hydroxylation is 1. The van der Waals surface area contributed by atoms with Crippen molar-refractivity contribution >= 4 is 27.5 Å². The largest absolute Gasteiger partial charge is 0.468 e. The second kappa shape index (κ2) is 4.97. The number of methoxy groups -OCH3 is 1. The van der Waals surface area contributed by atoms with Gasteiger partial charge < -0.3 is 4.74 Å². The van der Waals surface area contributed by atoms with Gasteiger partial charge in [0.15, 0.2) is 4.83 Å². The molecule has 20 heavy (non-hydrogen) atoms. The molecule has 0 N–H and O–H groups in total. The van der Waals surface area contributed by atoms with Crippen LogP contribution in [-0.4, -0.2) is 28.1 Å². The first-order chi connectivity index (χ1) is 9.60. The minimum atomic E-state index is -0.501. The van der Waals surface area contributed by atoms with E-state index < -0.39 is 5.97 Å². The summed E-state index contributed by atoms with van der Waals surface area (Å²) < 4.78 is 5.65. The third kappa shape index (κ3) is 2.11. The van der Waals surface area contributed by atoms with E-state index in [1.165, 1.54) is 12.0 Å². The van der Waals surface area contributed by atoms with Gasteiger partial charge in [-0.3, -0.25) is 9.59 Å². The fraction of sp³-hybridized carbons (Fsp3) is 0.538. The molecular weight excluding hydrogens is 278 g/mol. The summed E-state index contributed by atoms with van der Waals surface area (Å²) in [6.45, 7) is 2.02. The summed E-state index contributed by atoms with van der Waals surface area (Å²) in [5.74, 6) is 0.138. The number of ether oxygens (including phenoxy) is 1. The van der Waals surface area contributed by atoms with Crippen LogP contribution in [0.5, 0.6) is 0 Å². The van der Waals surface area contributed by atoms with Gasteiger partial charge >= 0.3 is 5.97 Å². The van der Waals surface area contributed by atoms with Gasteiger partial charge in [-0.05, 0) is 30.7 Å². The summed E-state index contributed by atoms with van der Waals surface area (Å²) >= 11 is 1.55. The average molecular weight is 293 g/mol. The summed E-state index contributed by atoms with van der Waals surface area (Å²) in [4.78, 5) is 25.7. The number of fused-ring (bicyclic) bond motifs is 3. The Balaban J connectivity index is 2.13. The molecule has 0 amide bonds. The number of nitrogens with zero attached hydrogens (tertiary/aromatic N) is 3. The van der Waals surface area contributed by atoms with Crippen LogP contribution in [0.2, 0.25) is 0 Å². The summed E-state index contributed by atoms with van der Waals surface area (Å²) in [7, 11) is 1.28. The second-order valence-corrected chi connectivity index (χ2v) is 6.24. The molecule has 0 aliphatic heterocycles. The molecule has 1 unspecified atom stereocenters. The van der Waals surface area contributed by atoms with E-state index in [1.807, 2.05) is 0 Å². The molecule has 2 aromatic rings. The first-order valence-corrected chi connectivity index (χ1v) is 7.36. The Labute approximate surface area is 119 Å². The lowest BCUT2D eigenvalue weighted by Crippen LogP contribution is -2.28. The molecule has 3 rings (SSSR count). The van der Waals surface area contributed by atoms with Gasteiger partial charge in [0.2, 0.25) is 0 Å². The van der Waals surface area contributed by atoms with Gasteiger partial charge in [0.05, 0.1) is 12.5 Å². The predicted octanol–water partition coefficient (Wildman–Crippen LogP) is 1.15. The van der Waals surface area contributed by atoms with E-state index >= 15 is 0 Å².